The summed E-state index contributed by atoms with van der Waals surface area (Å²) in [5.41, 5.74) is 0.126. The van der Waals surface area contributed by atoms with Crippen molar-refractivity contribution in [1.82, 2.24) is 0 Å². The van der Waals surface area contributed by atoms with Crippen molar-refractivity contribution in [2.24, 2.45) is 0 Å². The number of rotatable bonds is 3. The Labute approximate surface area is 92.8 Å². The van der Waals surface area contributed by atoms with Gasteiger partial charge < -0.3 is 5.11 Å². The van der Waals surface area contributed by atoms with E-state index in [1.54, 1.807) is 6.07 Å². The summed E-state index contributed by atoms with van der Waals surface area (Å²) in [5, 5.41) is 8.66. The number of aliphatic carboxylic acids is 1. The summed E-state index contributed by atoms with van der Waals surface area (Å²) in [5.74, 6) is -1.15. The molecule has 0 unspecified atom stereocenters. The minimum absolute atomic E-state index is 0.0175. The van der Waals surface area contributed by atoms with Crippen molar-refractivity contribution in [2.45, 2.75) is 11.8 Å². The van der Waals surface area contributed by atoms with Crippen LogP contribution in [0.4, 0.5) is 0 Å². The van der Waals surface area contributed by atoms with E-state index < -0.39 is 16.1 Å². The monoisotopic (exact) mass is 242 g/mol. The van der Waals surface area contributed by atoms with Gasteiger partial charge in [-0.25, -0.2) is 4.79 Å². The summed E-state index contributed by atoms with van der Waals surface area (Å²) in [6, 6.07) is 5.61. The highest BCUT2D eigenvalue weighted by molar-refractivity contribution is 7.85. The molecular formula is C10H10O5S. The van der Waals surface area contributed by atoms with Gasteiger partial charge in [0.05, 0.1) is 0 Å². The maximum atomic E-state index is 11.0. The second-order valence-electron chi connectivity index (χ2n) is 3.15. The highest BCUT2D eigenvalue weighted by Gasteiger charge is 2.13. The molecule has 6 heteroatoms. The van der Waals surface area contributed by atoms with E-state index in [1.165, 1.54) is 31.2 Å². The largest absolute Gasteiger partial charge is 0.478 e. The van der Waals surface area contributed by atoms with Gasteiger partial charge in [0.25, 0.3) is 10.1 Å². The lowest BCUT2D eigenvalue weighted by Crippen LogP contribution is -2.02. The molecule has 2 N–H and O–H groups in total. The maximum absolute atomic E-state index is 11.0. The number of carboxylic acid groups (broad SMARTS) is 1. The minimum atomic E-state index is -4.34. The summed E-state index contributed by atoms with van der Waals surface area (Å²) in [6.07, 6.45) is 1.19. The van der Waals surface area contributed by atoms with E-state index in [-0.39, 0.29) is 16.0 Å². The molecule has 16 heavy (non-hydrogen) atoms. The van der Waals surface area contributed by atoms with Crippen LogP contribution in [0.15, 0.2) is 34.7 Å². The normalized spacial score (nSPS) is 12.5. The molecule has 0 radical (unpaired) electrons. The number of hydrogen-bond donors (Lipinski definition) is 2. The fourth-order valence-electron chi connectivity index (χ4n) is 1.13. The van der Waals surface area contributed by atoms with Crippen molar-refractivity contribution < 1.29 is 22.9 Å². The first kappa shape index (κ1) is 12.4. The Morgan fingerprint density at radius 1 is 1.31 bits per heavy atom. The lowest BCUT2D eigenvalue weighted by atomic mass is 10.1. The number of carboxylic acids is 1. The highest BCUT2D eigenvalue weighted by Crippen LogP contribution is 2.18. The lowest BCUT2D eigenvalue weighted by molar-refractivity contribution is -0.132. The van der Waals surface area contributed by atoms with Gasteiger partial charge in [-0.2, -0.15) is 8.42 Å². The molecule has 1 rings (SSSR count). The van der Waals surface area contributed by atoms with Crippen molar-refractivity contribution in [3.05, 3.63) is 35.4 Å². The summed E-state index contributed by atoms with van der Waals surface area (Å²) in [7, 11) is -4.34. The predicted molar refractivity (Wildman–Crippen MR) is 57.5 cm³/mol. The SMILES string of the molecule is CC(=Cc1ccccc1S(=O)(=O)O)C(=O)O. The average molecular weight is 242 g/mol. The molecule has 1 aromatic rings. The Bertz CT molecular complexity index is 542. The maximum Gasteiger partial charge on any atom is 0.331 e. The first-order chi connectivity index (χ1) is 7.32. The predicted octanol–water partition coefficient (Wildman–Crippen LogP) is 1.42. The molecule has 0 aromatic heterocycles. The second kappa shape index (κ2) is 4.46. The van der Waals surface area contributed by atoms with E-state index in [4.69, 9.17) is 9.66 Å². The van der Waals surface area contributed by atoms with Crippen LogP contribution in [0, 0.1) is 0 Å². The Kier molecular flexibility index (Phi) is 3.46. The van der Waals surface area contributed by atoms with E-state index in [0.29, 0.717) is 0 Å². The van der Waals surface area contributed by atoms with Crippen LogP contribution in [0.3, 0.4) is 0 Å². The summed E-state index contributed by atoms with van der Waals surface area (Å²) >= 11 is 0. The molecular weight excluding hydrogens is 232 g/mol. The van der Waals surface area contributed by atoms with Crippen LogP contribution in [-0.2, 0) is 14.9 Å². The van der Waals surface area contributed by atoms with Crippen molar-refractivity contribution in [2.75, 3.05) is 0 Å². The van der Waals surface area contributed by atoms with Crippen molar-refractivity contribution in [3.8, 4) is 0 Å². The molecule has 86 valence electrons. The van der Waals surface area contributed by atoms with Gasteiger partial charge in [0.1, 0.15) is 4.90 Å². The molecule has 0 saturated carbocycles. The van der Waals surface area contributed by atoms with Crippen LogP contribution in [0.1, 0.15) is 12.5 Å². The fraction of sp³-hybridized carbons (Fsp3) is 0.100. The third kappa shape index (κ3) is 2.91. The minimum Gasteiger partial charge on any atom is -0.478 e. The van der Waals surface area contributed by atoms with Crippen molar-refractivity contribution in [1.29, 1.82) is 0 Å². The standard InChI is InChI=1S/C10H10O5S/c1-7(10(11)12)6-8-4-2-3-5-9(8)16(13,14)15/h2-6H,1H3,(H,11,12)(H,13,14,15). The number of carbonyl (C=O) groups is 1. The highest BCUT2D eigenvalue weighted by atomic mass is 32.2. The van der Waals surface area contributed by atoms with Gasteiger partial charge in [0.15, 0.2) is 0 Å². The van der Waals surface area contributed by atoms with E-state index >= 15 is 0 Å². The Morgan fingerprint density at radius 3 is 2.38 bits per heavy atom. The molecule has 0 aliphatic rings. The summed E-state index contributed by atoms with van der Waals surface area (Å²) in [6.45, 7) is 1.34. The quantitative estimate of drug-likeness (QED) is 0.617. The van der Waals surface area contributed by atoms with E-state index in [2.05, 4.69) is 0 Å². The van der Waals surface area contributed by atoms with Gasteiger partial charge in [0, 0.05) is 5.57 Å². The fourth-order valence-corrected chi connectivity index (χ4v) is 1.81. The third-order valence-corrected chi connectivity index (χ3v) is 2.83. The second-order valence-corrected chi connectivity index (χ2v) is 4.54. The van der Waals surface area contributed by atoms with Crippen LogP contribution >= 0.6 is 0 Å². The first-order valence-electron chi connectivity index (χ1n) is 4.30. The molecule has 0 aliphatic heterocycles. The van der Waals surface area contributed by atoms with Gasteiger partial charge >= 0.3 is 5.97 Å². The van der Waals surface area contributed by atoms with Crippen molar-refractivity contribution >= 4 is 22.2 Å². The van der Waals surface area contributed by atoms with Crippen LogP contribution < -0.4 is 0 Å². The molecule has 0 heterocycles. The van der Waals surface area contributed by atoms with Gasteiger partial charge in [-0.15, -0.1) is 0 Å². The van der Waals surface area contributed by atoms with Crippen LogP contribution in [0.25, 0.3) is 6.08 Å². The number of hydrogen-bond acceptors (Lipinski definition) is 3. The van der Waals surface area contributed by atoms with E-state index in [1.807, 2.05) is 0 Å². The van der Waals surface area contributed by atoms with Crippen LogP contribution in [0.5, 0.6) is 0 Å². The van der Waals surface area contributed by atoms with Crippen LogP contribution in [-0.4, -0.2) is 24.0 Å². The van der Waals surface area contributed by atoms with E-state index in [9.17, 15) is 13.2 Å². The zero-order valence-corrected chi connectivity index (χ0v) is 9.23. The molecule has 0 fully saturated rings. The van der Waals surface area contributed by atoms with Crippen molar-refractivity contribution in [3.63, 3.8) is 0 Å². The molecule has 1 aromatic carbocycles. The summed E-state index contributed by atoms with van der Waals surface area (Å²) < 4.78 is 30.9. The zero-order valence-electron chi connectivity index (χ0n) is 8.41. The average Bonchev–Trinajstić information content (AvgIpc) is 2.16. The Balaban J connectivity index is 3.37. The smallest absolute Gasteiger partial charge is 0.331 e. The Morgan fingerprint density at radius 2 is 1.88 bits per heavy atom. The van der Waals surface area contributed by atoms with Gasteiger partial charge in [-0.1, -0.05) is 18.2 Å². The Hall–Kier alpha value is -1.66. The molecule has 0 atom stereocenters. The third-order valence-electron chi connectivity index (χ3n) is 1.91. The van der Waals surface area contributed by atoms with Crippen LogP contribution in [0.2, 0.25) is 0 Å². The van der Waals surface area contributed by atoms with Gasteiger partial charge in [-0.05, 0) is 24.6 Å². The molecule has 0 bridgehead atoms. The topological polar surface area (TPSA) is 91.7 Å². The van der Waals surface area contributed by atoms with Gasteiger partial charge in [0.2, 0.25) is 0 Å². The van der Waals surface area contributed by atoms with E-state index in [0.717, 1.165) is 0 Å². The molecule has 0 aliphatic carbocycles. The first-order valence-corrected chi connectivity index (χ1v) is 5.74. The molecule has 0 amide bonds. The van der Waals surface area contributed by atoms with Gasteiger partial charge in [-0.3, -0.25) is 4.55 Å². The lowest BCUT2D eigenvalue weighted by Gasteiger charge is -2.02. The number of benzene rings is 1. The molecule has 5 nitrogen and oxygen atoms in total. The molecule has 0 spiro atoms. The molecule has 0 saturated heterocycles. The zero-order chi connectivity index (χ0) is 12.3. The summed E-state index contributed by atoms with van der Waals surface area (Å²) in [4.78, 5) is 10.3.